The quantitative estimate of drug-likeness (QED) is 0.133. The topological polar surface area (TPSA) is 38.7 Å². The summed E-state index contributed by atoms with van der Waals surface area (Å²) < 4.78 is 77.3. The van der Waals surface area contributed by atoms with Crippen molar-refractivity contribution in [1.82, 2.24) is 15.0 Å². The predicted molar refractivity (Wildman–Crippen MR) is 148 cm³/mol. The molecular weight excluding hydrogens is 745 g/mol. The summed E-state index contributed by atoms with van der Waals surface area (Å²) in [6.45, 7) is 0. The van der Waals surface area contributed by atoms with E-state index >= 15 is 0 Å². The van der Waals surface area contributed by atoms with Gasteiger partial charge in [-0.15, -0.1) is 65.7 Å². The molecule has 6 rings (SSSR count). The van der Waals surface area contributed by atoms with Gasteiger partial charge in [0.2, 0.25) is 0 Å². The van der Waals surface area contributed by atoms with Gasteiger partial charge in [0.05, 0.1) is 22.3 Å². The SMILES string of the molecule is FC(F)(F)c1c[c-]c(-c2nc3ccccc3nc2-c2ccc(C(F)(F)F)cc2)cc1.[Ir].[c-]1ccccc1-c1ccccn1. The number of nitrogens with zero attached hydrogens (tertiary/aromatic N) is 3. The molecule has 4 aromatic carbocycles. The van der Waals surface area contributed by atoms with Gasteiger partial charge in [-0.25, -0.2) is 0 Å². The van der Waals surface area contributed by atoms with Crippen LogP contribution in [0.5, 0.6) is 0 Å². The van der Waals surface area contributed by atoms with Crippen LogP contribution in [0.15, 0.2) is 115 Å². The Morgan fingerprint density at radius 3 is 1.67 bits per heavy atom. The van der Waals surface area contributed by atoms with E-state index in [2.05, 4.69) is 27.1 Å². The standard InChI is InChI=1S/C22H11F6N2.C11H8N.Ir/c23-21(24,25)15-9-5-13(6-10-15)19-20(30-18-4-2-1-3-17(18)29-19)14-7-11-16(12-8-14)22(26,27)28;1-2-6-10(7-3-1)11-8-4-5-9-12-11;/h1-7,9-12H;1-6,8-9H;/q2*-1;. The molecule has 0 bridgehead atoms. The normalized spacial score (nSPS) is 11.3. The molecule has 0 aliphatic rings. The van der Waals surface area contributed by atoms with Gasteiger partial charge in [-0.05, 0) is 47.2 Å². The van der Waals surface area contributed by atoms with E-state index < -0.39 is 23.5 Å². The molecule has 43 heavy (non-hydrogen) atoms. The van der Waals surface area contributed by atoms with E-state index in [1.54, 1.807) is 30.5 Å². The Kier molecular flexibility index (Phi) is 9.73. The summed E-state index contributed by atoms with van der Waals surface area (Å²) in [7, 11) is 0. The van der Waals surface area contributed by atoms with E-state index in [1.807, 2.05) is 42.5 Å². The van der Waals surface area contributed by atoms with Crippen molar-refractivity contribution in [3.05, 3.63) is 139 Å². The van der Waals surface area contributed by atoms with Crippen LogP contribution in [-0.2, 0) is 32.5 Å². The number of halogens is 6. The number of rotatable bonds is 3. The van der Waals surface area contributed by atoms with Crippen molar-refractivity contribution in [1.29, 1.82) is 0 Å². The Labute approximate surface area is 256 Å². The molecule has 0 unspecified atom stereocenters. The zero-order valence-electron chi connectivity index (χ0n) is 21.9. The van der Waals surface area contributed by atoms with Gasteiger partial charge in [0, 0.05) is 32.0 Å². The maximum Gasteiger partial charge on any atom is 0.416 e. The molecule has 0 atom stereocenters. The second kappa shape index (κ2) is 13.3. The van der Waals surface area contributed by atoms with Crippen molar-refractivity contribution >= 4 is 11.0 Å². The van der Waals surface area contributed by atoms with Gasteiger partial charge in [0.15, 0.2) is 0 Å². The zero-order chi connectivity index (χ0) is 29.7. The van der Waals surface area contributed by atoms with Crippen molar-refractivity contribution in [3.8, 4) is 33.8 Å². The van der Waals surface area contributed by atoms with Gasteiger partial charge in [-0.3, -0.25) is 9.97 Å². The summed E-state index contributed by atoms with van der Waals surface area (Å²) >= 11 is 0. The fraction of sp³-hybridized carbons (Fsp3) is 0.0606. The van der Waals surface area contributed by atoms with Gasteiger partial charge in [-0.1, -0.05) is 36.4 Å². The summed E-state index contributed by atoms with van der Waals surface area (Å²) in [5, 5.41) is 0. The molecule has 0 aliphatic heterocycles. The minimum absolute atomic E-state index is 0. The molecule has 3 nitrogen and oxygen atoms in total. The van der Waals surface area contributed by atoms with Crippen LogP contribution >= 0.6 is 0 Å². The first-order valence-corrected chi connectivity index (χ1v) is 12.5. The zero-order valence-corrected chi connectivity index (χ0v) is 24.3. The molecule has 2 heterocycles. The van der Waals surface area contributed by atoms with Gasteiger partial charge in [0.1, 0.15) is 0 Å². The molecule has 2 aromatic heterocycles. The Morgan fingerprint density at radius 1 is 0.535 bits per heavy atom. The minimum atomic E-state index is -4.51. The van der Waals surface area contributed by atoms with Crippen LogP contribution < -0.4 is 0 Å². The first-order valence-electron chi connectivity index (χ1n) is 12.5. The first-order chi connectivity index (χ1) is 20.1. The van der Waals surface area contributed by atoms with Crippen molar-refractivity contribution in [2.75, 3.05) is 0 Å². The number of fused-ring (bicyclic) bond motifs is 1. The van der Waals surface area contributed by atoms with Crippen LogP contribution in [-0.4, -0.2) is 15.0 Å². The Bertz CT molecular complexity index is 1640. The van der Waals surface area contributed by atoms with Crippen molar-refractivity contribution in [2.45, 2.75) is 12.4 Å². The third kappa shape index (κ3) is 7.71. The van der Waals surface area contributed by atoms with E-state index in [0.29, 0.717) is 16.6 Å². The number of para-hydroxylation sites is 2. The minimum Gasteiger partial charge on any atom is -0.305 e. The molecular formula is C33H19F6IrN3-2. The molecule has 0 saturated heterocycles. The van der Waals surface area contributed by atoms with E-state index in [4.69, 9.17) is 0 Å². The summed E-state index contributed by atoms with van der Waals surface area (Å²) in [5.41, 5.74) is 2.40. The molecule has 0 amide bonds. The van der Waals surface area contributed by atoms with Gasteiger partial charge < -0.3 is 4.98 Å². The number of hydrogen-bond acceptors (Lipinski definition) is 3. The molecule has 0 saturated carbocycles. The van der Waals surface area contributed by atoms with Crippen LogP contribution in [0.25, 0.3) is 44.8 Å². The monoisotopic (exact) mass is 764 g/mol. The number of alkyl halides is 6. The maximum atomic E-state index is 12.9. The van der Waals surface area contributed by atoms with Crippen LogP contribution in [0, 0.1) is 12.1 Å². The third-order valence-electron chi connectivity index (χ3n) is 6.10. The Balaban J connectivity index is 0.000000272. The molecule has 0 aliphatic carbocycles. The van der Waals surface area contributed by atoms with E-state index in [9.17, 15) is 26.3 Å². The van der Waals surface area contributed by atoms with Crippen molar-refractivity contribution < 1.29 is 46.4 Å². The Hall–Kier alpha value is -4.40. The molecule has 6 aromatic rings. The van der Waals surface area contributed by atoms with E-state index in [0.717, 1.165) is 35.5 Å². The van der Waals surface area contributed by atoms with E-state index in [1.165, 1.54) is 18.2 Å². The number of benzene rings is 4. The molecule has 1 radical (unpaired) electrons. The molecule has 10 heteroatoms. The van der Waals surface area contributed by atoms with Gasteiger partial charge >= 0.3 is 12.4 Å². The fourth-order valence-electron chi connectivity index (χ4n) is 4.03. The average Bonchev–Trinajstić information content (AvgIpc) is 3.01. The molecule has 0 spiro atoms. The number of aromatic nitrogens is 3. The second-order valence-corrected chi connectivity index (χ2v) is 8.96. The third-order valence-corrected chi connectivity index (χ3v) is 6.10. The van der Waals surface area contributed by atoms with Gasteiger partial charge in [-0.2, -0.15) is 26.3 Å². The average molecular weight is 764 g/mol. The summed E-state index contributed by atoms with van der Waals surface area (Å²) in [6.07, 6.45) is -7.21. The maximum absolute atomic E-state index is 12.9. The predicted octanol–water partition coefficient (Wildman–Crippen LogP) is 9.35. The smallest absolute Gasteiger partial charge is 0.305 e. The number of pyridine rings is 1. The second-order valence-electron chi connectivity index (χ2n) is 8.96. The summed E-state index contributed by atoms with van der Waals surface area (Å²) in [5.74, 6) is 0. The van der Waals surface area contributed by atoms with Crippen LogP contribution in [0.4, 0.5) is 26.3 Å². The first kappa shape index (κ1) is 31.5. The molecule has 0 fully saturated rings. The van der Waals surface area contributed by atoms with Crippen molar-refractivity contribution in [3.63, 3.8) is 0 Å². The summed E-state index contributed by atoms with van der Waals surface area (Å²) in [6, 6.07) is 33.5. The number of hydrogen-bond donors (Lipinski definition) is 0. The Morgan fingerprint density at radius 2 is 1.14 bits per heavy atom. The molecule has 219 valence electrons. The van der Waals surface area contributed by atoms with Crippen LogP contribution in [0.1, 0.15) is 11.1 Å². The molecule has 0 N–H and O–H groups in total. The summed E-state index contributed by atoms with van der Waals surface area (Å²) in [4.78, 5) is 13.2. The van der Waals surface area contributed by atoms with Crippen molar-refractivity contribution in [2.24, 2.45) is 0 Å². The largest absolute Gasteiger partial charge is 0.416 e. The van der Waals surface area contributed by atoms with Crippen LogP contribution in [0.2, 0.25) is 0 Å². The fourth-order valence-corrected chi connectivity index (χ4v) is 4.03. The van der Waals surface area contributed by atoms with E-state index in [-0.39, 0.29) is 37.1 Å². The van der Waals surface area contributed by atoms with Gasteiger partial charge in [0.25, 0.3) is 0 Å². The van der Waals surface area contributed by atoms with Crippen LogP contribution in [0.3, 0.4) is 0 Å².